The van der Waals surface area contributed by atoms with Gasteiger partial charge in [0.15, 0.2) is 0 Å². The van der Waals surface area contributed by atoms with Crippen LogP contribution in [0.1, 0.15) is 24.1 Å². The fourth-order valence-electron chi connectivity index (χ4n) is 2.31. The molecule has 0 N–H and O–H groups in total. The number of aromatic nitrogens is 1. The van der Waals surface area contributed by atoms with Gasteiger partial charge in [0.05, 0.1) is 7.11 Å². The van der Waals surface area contributed by atoms with Crippen LogP contribution in [0.3, 0.4) is 0 Å². The minimum atomic E-state index is -4.43. The number of benzene rings is 1. The monoisotopic (exact) mass is 390 g/mol. The first-order chi connectivity index (χ1) is 11.8. The topological polar surface area (TPSA) is 25.4 Å². The van der Waals surface area contributed by atoms with Crippen LogP contribution >= 0.6 is 23.5 Å². The Kier molecular flexibility index (Phi) is 6.59. The SMILES string of the molecule is CCN(Sc1cnc(OC)cc1C)C(c1ccc(Cl)cc1)C(F)(F)F. The zero-order chi connectivity index (χ0) is 18.6. The highest BCUT2D eigenvalue weighted by Crippen LogP contribution is 2.43. The molecule has 0 aliphatic carbocycles. The number of hydrogen-bond acceptors (Lipinski definition) is 4. The number of ether oxygens (including phenoxy) is 1. The lowest BCUT2D eigenvalue weighted by molar-refractivity contribution is -0.172. The molecule has 2 aromatic rings. The number of pyridine rings is 1. The van der Waals surface area contributed by atoms with E-state index in [0.717, 1.165) is 17.5 Å². The summed E-state index contributed by atoms with van der Waals surface area (Å²) in [4.78, 5) is 4.73. The maximum atomic E-state index is 13.7. The molecule has 0 saturated carbocycles. The van der Waals surface area contributed by atoms with Crippen molar-refractivity contribution in [3.8, 4) is 5.88 Å². The molecule has 1 unspecified atom stereocenters. The lowest BCUT2D eigenvalue weighted by Crippen LogP contribution is -2.34. The Morgan fingerprint density at radius 2 is 1.92 bits per heavy atom. The van der Waals surface area contributed by atoms with Gasteiger partial charge in [-0.15, -0.1) is 0 Å². The Morgan fingerprint density at radius 1 is 1.28 bits per heavy atom. The van der Waals surface area contributed by atoms with Gasteiger partial charge >= 0.3 is 6.18 Å². The Labute approximate surface area is 154 Å². The van der Waals surface area contributed by atoms with Gasteiger partial charge in [0.1, 0.15) is 6.04 Å². The van der Waals surface area contributed by atoms with E-state index in [2.05, 4.69) is 4.98 Å². The molecule has 0 amide bonds. The summed E-state index contributed by atoms with van der Waals surface area (Å²) in [6.45, 7) is 3.70. The van der Waals surface area contributed by atoms with E-state index in [1.807, 2.05) is 6.92 Å². The van der Waals surface area contributed by atoms with Crippen LogP contribution in [0.5, 0.6) is 5.88 Å². The van der Waals surface area contributed by atoms with Crippen molar-refractivity contribution < 1.29 is 17.9 Å². The van der Waals surface area contributed by atoms with Gasteiger partial charge in [-0.1, -0.05) is 30.7 Å². The van der Waals surface area contributed by atoms with Gasteiger partial charge in [-0.2, -0.15) is 13.2 Å². The molecule has 8 heteroatoms. The lowest BCUT2D eigenvalue weighted by Gasteiger charge is -2.31. The maximum Gasteiger partial charge on any atom is 0.408 e. The van der Waals surface area contributed by atoms with Crippen LogP contribution in [-0.2, 0) is 0 Å². The number of hydrogen-bond donors (Lipinski definition) is 0. The summed E-state index contributed by atoms with van der Waals surface area (Å²) in [6.07, 6.45) is -2.90. The second kappa shape index (κ2) is 8.29. The van der Waals surface area contributed by atoms with Gasteiger partial charge in [-0.05, 0) is 42.1 Å². The molecule has 0 radical (unpaired) electrons. The van der Waals surface area contributed by atoms with E-state index in [-0.39, 0.29) is 12.1 Å². The Morgan fingerprint density at radius 3 is 2.40 bits per heavy atom. The van der Waals surface area contributed by atoms with Crippen molar-refractivity contribution in [3.05, 3.63) is 52.7 Å². The first-order valence-corrected chi connectivity index (χ1v) is 8.68. The summed E-state index contributed by atoms with van der Waals surface area (Å²) in [7, 11) is 1.49. The second-order valence-electron chi connectivity index (χ2n) is 5.31. The highest BCUT2D eigenvalue weighted by molar-refractivity contribution is 7.97. The molecule has 1 aromatic carbocycles. The predicted octanol–water partition coefficient (Wildman–Crippen LogP) is 5.68. The third kappa shape index (κ3) is 5.03. The van der Waals surface area contributed by atoms with E-state index in [1.165, 1.54) is 41.9 Å². The van der Waals surface area contributed by atoms with E-state index >= 15 is 0 Å². The van der Waals surface area contributed by atoms with Crippen LogP contribution in [0.2, 0.25) is 5.02 Å². The fraction of sp³-hybridized carbons (Fsp3) is 0.353. The summed E-state index contributed by atoms with van der Waals surface area (Å²) >= 11 is 6.83. The zero-order valence-electron chi connectivity index (χ0n) is 14.0. The molecule has 0 bridgehead atoms. The van der Waals surface area contributed by atoms with Crippen molar-refractivity contribution >= 4 is 23.5 Å². The van der Waals surface area contributed by atoms with Crippen molar-refractivity contribution in [2.75, 3.05) is 13.7 Å². The Balaban J connectivity index is 2.35. The molecular formula is C17H18ClF3N2OS. The third-order valence-electron chi connectivity index (χ3n) is 3.56. The van der Waals surface area contributed by atoms with E-state index in [0.29, 0.717) is 15.8 Å². The molecule has 1 heterocycles. The fourth-order valence-corrected chi connectivity index (χ4v) is 3.47. The highest BCUT2D eigenvalue weighted by atomic mass is 35.5. The molecule has 0 fully saturated rings. The van der Waals surface area contributed by atoms with Crippen LogP contribution in [0.4, 0.5) is 13.2 Å². The van der Waals surface area contributed by atoms with Crippen LogP contribution < -0.4 is 4.74 Å². The lowest BCUT2D eigenvalue weighted by atomic mass is 10.1. The summed E-state index contributed by atoms with van der Waals surface area (Å²) in [5.41, 5.74) is 0.942. The van der Waals surface area contributed by atoms with E-state index in [9.17, 15) is 13.2 Å². The van der Waals surface area contributed by atoms with Crippen LogP contribution in [-0.4, -0.2) is 29.1 Å². The van der Waals surface area contributed by atoms with E-state index < -0.39 is 12.2 Å². The minimum absolute atomic E-state index is 0.144. The quantitative estimate of drug-likeness (QED) is 0.592. The van der Waals surface area contributed by atoms with Gasteiger partial charge < -0.3 is 4.74 Å². The molecule has 0 saturated heterocycles. The first kappa shape index (κ1) is 19.9. The third-order valence-corrected chi connectivity index (χ3v) is 5.14. The molecule has 0 aliphatic heterocycles. The molecule has 25 heavy (non-hydrogen) atoms. The number of methoxy groups -OCH3 is 1. The van der Waals surface area contributed by atoms with Gasteiger partial charge in [-0.3, -0.25) is 0 Å². The number of halogens is 4. The Bertz CT molecular complexity index is 710. The molecule has 136 valence electrons. The van der Waals surface area contributed by atoms with Crippen molar-refractivity contribution in [1.29, 1.82) is 0 Å². The van der Waals surface area contributed by atoms with Gasteiger partial charge in [-0.25, -0.2) is 9.29 Å². The minimum Gasteiger partial charge on any atom is -0.481 e. The number of alkyl halides is 3. The van der Waals surface area contributed by atoms with Crippen molar-refractivity contribution in [2.45, 2.75) is 31.0 Å². The average molecular weight is 391 g/mol. The van der Waals surface area contributed by atoms with Crippen molar-refractivity contribution in [1.82, 2.24) is 9.29 Å². The summed E-state index contributed by atoms with van der Waals surface area (Å²) < 4.78 is 47.6. The molecule has 3 nitrogen and oxygen atoms in total. The standard InChI is InChI=1S/C17H18ClF3N2OS/c1-4-23(25-14-10-22-15(24-3)9-11(14)2)16(17(19,20)21)12-5-7-13(18)8-6-12/h5-10,16H,4H2,1-3H3. The normalized spacial score (nSPS) is 13.1. The smallest absolute Gasteiger partial charge is 0.408 e. The summed E-state index contributed by atoms with van der Waals surface area (Å²) in [5, 5.41) is 0.399. The van der Waals surface area contributed by atoms with Crippen LogP contribution in [0.25, 0.3) is 0 Å². The predicted molar refractivity (Wildman–Crippen MR) is 94.0 cm³/mol. The number of aryl methyl sites for hydroxylation is 1. The average Bonchev–Trinajstić information content (AvgIpc) is 2.56. The highest BCUT2D eigenvalue weighted by Gasteiger charge is 2.45. The molecule has 0 spiro atoms. The van der Waals surface area contributed by atoms with Crippen LogP contribution in [0.15, 0.2) is 41.4 Å². The summed E-state index contributed by atoms with van der Waals surface area (Å²) in [6, 6.07) is 5.69. The molecule has 1 aromatic heterocycles. The van der Waals surface area contributed by atoms with E-state index in [4.69, 9.17) is 16.3 Å². The second-order valence-corrected chi connectivity index (χ2v) is 6.84. The Hall–Kier alpha value is -1.44. The largest absolute Gasteiger partial charge is 0.481 e. The maximum absolute atomic E-state index is 13.7. The van der Waals surface area contributed by atoms with Crippen molar-refractivity contribution in [3.63, 3.8) is 0 Å². The molecular weight excluding hydrogens is 373 g/mol. The van der Waals surface area contributed by atoms with Gasteiger partial charge in [0, 0.05) is 28.7 Å². The number of rotatable bonds is 6. The van der Waals surface area contributed by atoms with Gasteiger partial charge in [0.2, 0.25) is 5.88 Å². The number of nitrogens with zero attached hydrogens (tertiary/aromatic N) is 2. The molecule has 0 aliphatic rings. The van der Waals surface area contributed by atoms with Gasteiger partial charge in [0.25, 0.3) is 0 Å². The summed E-state index contributed by atoms with van der Waals surface area (Å²) in [5.74, 6) is 0.426. The molecule has 1 atom stereocenters. The molecule has 2 rings (SSSR count). The zero-order valence-corrected chi connectivity index (χ0v) is 15.5. The van der Waals surface area contributed by atoms with Crippen molar-refractivity contribution in [2.24, 2.45) is 0 Å². The van der Waals surface area contributed by atoms with Crippen LogP contribution in [0, 0.1) is 6.92 Å². The first-order valence-electron chi connectivity index (χ1n) is 7.53. The van der Waals surface area contributed by atoms with E-state index in [1.54, 1.807) is 13.0 Å².